The van der Waals surface area contributed by atoms with Gasteiger partial charge in [0.25, 0.3) is 0 Å². The Morgan fingerprint density at radius 3 is 2.48 bits per heavy atom. The lowest BCUT2D eigenvalue weighted by atomic mass is 10.1. The lowest BCUT2D eigenvalue weighted by molar-refractivity contribution is 0.0217. The predicted octanol–water partition coefficient (Wildman–Crippen LogP) is 5.11. The van der Waals surface area contributed by atoms with E-state index in [-0.39, 0.29) is 6.09 Å². The van der Waals surface area contributed by atoms with Crippen LogP contribution in [0.5, 0.6) is 0 Å². The third kappa shape index (κ3) is 4.41. The lowest BCUT2D eigenvalue weighted by Gasteiger charge is -2.27. The van der Waals surface area contributed by atoms with Crippen molar-refractivity contribution in [3.8, 4) is 0 Å². The van der Waals surface area contributed by atoms with Crippen molar-refractivity contribution >= 4 is 17.0 Å². The van der Waals surface area contributed by atoms with Gasteiger partial charge >= 0.3 is 6.09 Å². The van der Waals surface area contributed by atoms with Crippen LogP contribution >= 0.6 is 0 Å². The molecule has 4 heteroatoms. The van der Waals surface area contributed by atoms with Crippen LogP contribution in [0.3, 0.4) is 0 Å². The van der Waals surface area contributed by atoms with E-state index in [9.17, 15) is 4.79 Å². The van der Waals surface area contributed by atoms with E-state index in [1.165, 1.54) is 0 Å². The van der Waals surface area contributed by atoms with Crippen LogP contribution < -0.4 is 0 Å². The Bertz CT molecular complexity index is 847. The van der Waals surface area contributed by atoms with Gasteiger partial charge in [-0.05, 0) is 43.4 Å². The number of aromatic amines is 1. The highest BCUT2D eigenvalue weighted by Gasteiger charge is 2.23. The van der Waals surface area contributed by atoms with Crippen molar-refractivity contribution in [1.29, 1.82) is 0 Å². The van der Waals surface area contributed by atoms with Gasteiger partial charge < -0.3 is 9.72 Å². The molecule has 1 heterocycles. The molecule has 0 aliphatic carbocycles. The quantitative estimate of drug-likeness (QED) is 0.720. The maximum atomic E-state index is 12.7. The first kappa shape index (κ1) is 17.1. The van der Waals surface area contributed by atoms with Gasteiger partial charge in [0.05, 0.1) is 12.1 Å². The second-order valence-corrected chi connectivity index (χ2v) is 7.18. The third-order valence-corrected chi connectivity index (χ3v) is 3.90. The summed E-state index contributed by atoms with van der Waals surface area (Å²) >= 11 is 0. The second kappa shape index (κ2) is 7.01. The van der Waals surface area contributed by atoms with Gasteiger partial charge in [-0.2, -0.15) is 0 Å². The molecule has 3 rings (SSSR count). The Morgan fingerprint density at radius 1 is 1.00 bits per heavy atom. The molecule has 130 valence electrons. The summed E-state index contributed by atoms with van der Waals surface area (Å²) < 4.78 is 5.61. The van der Waals surface area contributed by atoms with E-state index in [0.717, 1.165) is 22.0 Å². The van der Waals surface area contributed by atoms with E-state index in [1.54, 1.807) is 4.90 Å². The highest BCUT2D eigenvalue weighted by atomic mass is 16.6. The van der Waals surface area contributed by atoms with Crippen molar-refractivity contribution in [3.63, 3.8) is 0 Å². The zero-order chi connectivity index (χ0) is 17.9. The van der Waals surface area contributed by atoms with Crippen molar-refractivity contribution in [2.75, 3.05) is 0 Å². The molecule has 0 saturated heterocycles. The summed E-state index contributed by atoms with van der Waals surface area (Å²) in [5.41, 5.74) is 2.69. The Balaban J connectivity index is 1.87. The van der Waals surface area contributed by atoms with Crippen LogP contribution in [0.4, 0.5) is 4.79 Å². The summed E-state index contributed by atoms with van der Waals surface area (Å²) in [6.45, 7) is 6.65. The topological polar surface area (TPSA) is 45.3 Å². The van der Waals surface area contributed by atoms with Gasteiger partial charge in [-0.25, -0.2) is 4.79 Å². The minimum Gasteiger partial charge on any atom is -0.444 e. The van der Waals surface area contributed by atoms with Crippen LogP contribution in [-0.2, 0) is 17.8 Å². The average molecular weight is 336 g/mol. The SMILES string of the molecule is CC(C)(C)OC(=O)N(Cc1ccccc1)Cc1cccc2cc[nH]c12. The van der Waals surface area contributed by atoms with Crippen molar-refractivity contribution in [2.24, 2.45) is 0 Å². The molecule has 0 aliphatic heterocycles. The first-order valence-corrected chi connectivity index (χ1v) is 8.49. The van der Waals surface area contributed by atoms with Crippen molar-refractivity contribution < 1.29 is 9.53 Å². The minimum absolute atomic E-state index is 0.306. The summed E-state index contributed by atoms with van der Waals surface area (Å²) in [6, 6.07) is 18.1. The largest absolute Gasteiger partial charge is 0.444 e. The zero-order valence-corrected chi connectivity index (χ0v) is 15.0. The molecular formula is C21H24N2O2. The molecule has 0 bridgehead atoms. The minimum atomic E-state index is -0.523. The van der Waals surface area contributed by atoms with E-state index in [4.69, 9.17) is 4.74 Å². The van der Waals surface area contributed by atoms with Crippen molar-refractivity contribution in [3.05, 3.63) is 71.9 Å². The number of hydrogen-bond donors (Lipinski definition) is 1. The van der Waals surface area contributed by atoms with Crippen molar-refractivity contribution in [2.45, 2.75) is 39.5 Å². The number of nitrogens with one attached hydrogen (secondary N) is 1. The number of amides is 1. The zero-order valence-electron chi connectivity index (χ0n) is 15.0. The van der Waals surface area contributed by atoms with E-state index in [0.29, 0.717) is 13.1 Å². The summed E-state index contributed by atoms with van der Waals surface area (Å²) in [5, 5.41) is 1.14. The highest BCUT2D eigenvalue weighted by Crippen LogP contribution is 2.21. The molecule has 2 aromatic carbocycles. The third-order valence-electron chi connectivity index (χ3n) is 3.90. The molecule has 0 fully saturated rings. The number of H-pyrrole nitrogens is 1. The number of nitrogens with zero attached hydrogens (tertiary/aromatic N) is 1. The first-order chi connectivity index (χ1) is 11.9. The summed E-state index contributed by atoms with van der Waals surface area (Å²) in [4.78, 5) is 17.7. The number of para-hydroxylation sites is 1. The molecule has 3 aromatic rings. The number of ether oxygens (including phenoxy) is 1. The number of hydrogen-bond acceptors (Lipinski definition) is 2. The smallest absolute Gasteiger partial charge is 0.410 e. The molecule has 1 amide bonds. The predicted molar refractivity (Wildman–Crippen MR) is 100 cm³/mol. The maximum absolute atomic E-state index is 12.7. The van der Waals surface area contributed by atoms with Crippen molar-refractivity contribution in [1.82, 2.24) is 9.88 Å². The lowest BCUT2D eigenvalue weighted by Crippen LogP contribution is -2.36. The van der Waals surface area contributed by atoms with E-state index < -0.39 is 5.60 Å². The summed E-state index contributed by atoms with van der Waals surface area (Å²) in [5.74, 6) is 0. The number of aromatic nitrogens is 1. The Hall–Kier alpha value is -2.75. The molecule has 4 nitrogen and oxygen atoms in total. The van der Waals surface area contributed by atoms with E-state index in [2.05, 4.69) is 11.1 Å². The monoisotopic (exact) mass is 336 g/mol. The van der Waals surface area contributed by atoms with Crippen LogP contribution in [0.2, 0.25) is 0 Å². The molecule has 0 unspecified atom stereocenters. The van der Waals surface area contributed by atoms with Crippen LogP contribution in [-0.4, -0.2) is 21.6 Å². The number of rotatable bonds is 4. The number of fused-ring (bicyclic) bond motifs is 1. The Kier molecular flexibility index (Phi) is 4.79. The number of benzene rings is 2. The van der Waals surface area contributed by atoms with Crippen LogP contribution in [0, 0.1) is 0 Å². The van der Waals surface area contributed by atoms with Gasteiger partial charge in [-0.3, -0.25) is 4.90 Å². The van der Waals surface area contributed by atoms with Crippen LogP contribution in [0.15, 0.2) is 60.8 Å². The fourth-order valence-electron chi connectivity index (χ4n) is 2.80. The van der Waals surface area contributed by atoms with Gasteiger partial charge in [-0.15, -0.1) is 0 Å². The first-order valence-electron chi connectivity index (χ1n) is 8.49. The molecule has 1 N–H and O–H groups in total. The van der Waals surface area contributed by atoms with Crippen LogP contribution in [0.25, 0.3) is 10.9 Å². The van der Waals surface area contributed by atoms with Gasteiger partial charge in [0, 0.05) is 12.7 Å². The fourth-order valence-corrected chi connectivity index (χ4v) is 2.80. The second-order valence-electron chi connectivity index (χ2n) is 7.18. The Morgan fingerprint density at radius 2 is 1.76 bits per heavy atom. The molecule has 0 aliphatic rings. The van der Waals surface area contributed by atoms with Gasteiger partial charge in [0.2, 0.25) is 0 Å². The van der Waals surface area contributed by atoms with E-state index >= 15 is 0 Å². The number of carbonyl (C=O) groups excluding carboxylic acids is 1. The molecule has 1 aromatic heterocycles. The molecule has 0 radical (unpaired) electrons. The van der Waals surface area contributed by atoms with Crippen LogP contribution in [0.1, 0.15) is 31.9 Å². The number of carbonyl (C=O) groups is 1. The maximum Gasteiger partial charge on any atom is 0.410 e. The molecule has 0 spiro atoms. The van der Waals surface area contributed by atoms with E-state index in [1.807, 2.05) is 75.5 Å². The average Bonchev–Trinajstić information content (AvgIpc) is 3.03. The summed E-state index contributed by atoms with van der Waals surface area (Å²) in [7, 11) is 0. The molecule has 25 heavy (non-hydrogen) atoms. The standard InChI is InChI=1S/C21H24N2O2/c1-21(2,3)25-20(24)23(14-16-8-5-4-6-9-16)15-18-11-7-10-17-12-13-22-19(17)18/h4-13,22H,14-15H2,1-3H3. The highest BCUT2D eigenvalue weighted by molar-refractivity contribution is 5.82. The molecule has 0 saturated carbocycles. The van der Waals surface area contributed by atoms with Gasteiger partial charge in [0.15, 0.2) is 0 Å². The van der Waals surface area contributed by atoms with Gasteiger partial charge in [0.1, 0.15) is 5.60 Å². The normalized spacial score (nSPS) is 11.5. The molecular weight excluding hydrogens is 312 g/mol. The fraction of sp³-hybridized carbons (Fsp3) is 0.286. The molecule has 0 atom stereocenters. The Labute approximate surface area is 148 Å². The van der Waals surface area contributed by atoms with Gasteiger partial charge in [-0.1, -0.05) is 48.5 Å². The summed E-state index contributed by atoms with van der Waals surface area (Å²) in [6.07, 6.45) is 1.61.